The van der Waals surface area contributed by atoms with Gasteiger partial charge < -0.3 is 10.1 Å². The molecule has 0 fully saturated rings. The molecule has 0 radical (unpaired) electrons. The van der Waals surface area contributed by atoms with E-state index in [0.717, 1.165) is 11.6 Å². The summed E-state index contributed by atoms with van der Waals surface area (Å²) in [5, 5.41) is 2.39. The number of aryl methyl sites for hydroxylation is 1. The number of halogens is 3. The molecule has 6 heteroatoms. The Bertz CT molecular complexity index is 659. The van der Waals surface area contributed by atoms with Crippen molar-refractivity contribution < 1.29 is 22.7 Å². The number of rotatable bonds is 4. The summed E-state index contributed by atoms with van der Waals surface area (Å²) in [6, 6.07) is 9.57. The van der Waals surface area contributed by atoms with Gasteiger partial charge in [0.15, 0.2) is 0 Å². The Kier molecular flexibility index (Phi) is 4.47. The van der Waals surface area contributed by atoms with Gasteiger partial charge in [-0.1, -0.05) is 12.1 Å². The summed E-state index contributed by atoms with van der Waals surface area (Å²) >= 11 is 0. The van der Waals surface area contributed by atoms with Gasteiger partial charge in [-0.2, -0.15) is 8.78 Å². The molecule has 0 saturated heterocycles. The molecular formula is C15H12F3NO2. The van der Waals surface area contributed by atoms with Crippen molar-refractivity contribution in [1.82, 2.24) is 0 Å². The van der Waals surface area contributed by atoms with Crippen molar-refractivity contribution in [3.8, 4) is 5.75 Å². The molecule has 0 unspecified atom stereocenters. The molecule has 21 heavy (non-hydrogen) atoms. The Morgan fingerprint density at radius 1 is 1.19 bits per heavy atom. The van der Waals surface area contributed by atoms with Crippen LogP contribution in [0, 0.1) is 12.7 Å². The van der Waals surface area contributed by atoms with Crippen molar-refractivity contribution in [3.05, 3.63) is 59.4 Å². The third-order valence-corrected chi connectivity index (χ3v) is 2.69. The van der Waals surface area contributed by atoms with Crippen LogP contribution in [-0.4, -0.2) is 12.5 Å². The normalized spacial score (nSPS) is 10.5. The van der Waals surface area contributed by atoms with Gasteiger partial charge in [0, 0.05) is 5.56 Å². The van der Waals surface area contributed by atoms with Crippen molar-refractivity contribution in [2.45, 2.75) is 13.5 Å². The van der Waals surface area contributed by atoms with E-state index in [4.69, 9.17) is 0 Å². The van der Waals surface area contributed by atoms with E-state index in [-0.39, 0.29) is 17.0 Å². The molecule has 110 valence electrons. The van der Waals surface area contributed by atoms with Crippen LogP contribution in [0.4, 0.5) is 18.9 Å². The summed E-state index contributed by atoms with van der Waals surface area (Å²) in [6.07, 6.45) is 0. The third-order valence-electron chi connectivity index (χ3n) is 2.69. The van der Waals surface area contributed by atoms with Crippen LogP contribution in [0.15, 0.2) is 42.5 Å². The van der Waals surface area contributed by atoms with Crippen LogP contribution in [0.1, 0.15) is 15.9 Å². The number of hydrogen-bond donors (Lipinski definition) is 1. The Morgan fingerprint density at radius 3 is 2.67 bits per heavy atom. The molecule has 0 saturated carbocycles. The highest BCUT2D eigenvalue weighted by atomic mass is 19.3. The largest absolute Gasteiger partial charge is 0.435 e. The number of ether oxygens (including phenoxy) is 1. The maximum Gasteiger partial charge on any atom is 0.387 e. The van der Waals surface area contributed by atoms with Gasteiger partial charge in [-0.05, 0) is 42.8 Å². The van der Waals surface area contributed by atoms with E-state index in [1.165, 1.54) is 30.3 Å². The SMILES string of the molecule is Cc1ccc(F)c(NC(=O)c2cccc(OC(F)F)c2)c1. The topological polar surface area (TPSA) is 38.3 Å². The number of hydrogen-bond acceptors (Lipinski definition) is 2. The highest BCUT2D eigenvalue weighted by Gasteiger charge is 2.11. The first-order valence-electron chi connectivity index (χ1n) is 6.08. The summed E-state index contributed by atoms with van der Waals surface area (Å²) in [4.78, 5) is 12.0. The van der Waals surface area contributed by atoms with Gasteiger partial charge in [0.25, 0.3) is 5.91 Å². The van der Waals surface area contributed by atoms with Gasteiger partial charge in [-0.25, -0.2) is 4.39 Å². The lowest BCUT2D eigenvalue weighted by Crippen LogP contribution is -2.13. The minimum atomic E-state index is -2.97. The molecule has 0 bridgehead atoms. The predicted molar refractivity (Wildman–Crippen MR) is 72.2 cm³/mol. The summed E-state index contributed by atoms with van der Waals surface area (Å²) in [7, 11) is 0. The fraction of sp³-hybridized carbons (Fsp3) is 0.133. The minimum Gasteiger partial charge on any atom is -0.435 e. The second-order valence-electron chi connectivity index (χ2n) is 4.34. The Morgan fingerprint density at radius 2 is 1.95 bits per heavy atom. The summed E-state index contributed by atoms with van der Waals surface area (Å²) < 4.78 is 42.0. The quantitative estimate of drug-likeness (QED) is 0.926. The van der Waals surface area contributed by atoms with Crippen LogP contribution in [0.2, 0.25) is 0 Å². The molecule has 2 rings (SSSR count). The van der Waals surface area contributed by atoms with Crippen LogP contribution >= 0.6 is 0 Å². The van der Waals surface area contributed by atoms with Crippen molar-refractivity contribution in [2.75, 3.05) is 5.32 Å². The van der Waals surface area contributed by atoms with Crippen molar-refractivity contribution in [1.29, 1.82) is 0 Å². The fourth-order valence-corrected chi connectivity index (χ4v) is 1.74. The molecule has 0 heterocycles. The molecular weight excluding hydrogens is 283 g/mol. The molecule has 1 amide bonds. The zero-order valence-electron chi connectivity index (χ0n) is 11.1. The molecule has 0 atom stereocenters. The molecule has 0 spiro atoms. The van der Waals surface area contributed by atoms with Crippen LogP contribution in [0.5, 0.6) is 5.75 Å². The lowest BCUT2D eigenvalue weighted by Gasteiger charge is -2.09. The Labute approximate surface area is 119 Å². The second-order valence-corrected chi connectivity index (χ2v) is 4.34. The number of carbonyl (C=O) groups excluding carboxylic acids is 1. The van der Waals surface area contributed by atoms with Crippen molar-refractivity contribution in [2.24, 2.45) is 0 Å². The molecule has 2 aromatic carbocycles. The van der Waals surface area contributed by atoms with Gasteiger partial charge in [-0.3, -0.25) is 4.79 Å². The first kappa shape index (κ1) is 14.9. The van der Waals surface area contributed by atoms with E-state index in [0.29, 0.717) is 0 Å². The highest BCUT2D eigenvalue weighted by molar-refractivity contribution is 6.04. The number of benzene rings is 2. The molecule has 0 aliphatic carbocycles. The first-order chi connectivity index (χ1) is 9.95. The number of alkyl halides is 2. The lowest BCUT2D eigenvalue weighted by molar-refractivity contribution is -0.0498. The average Bonchev–Trinajstić information content (AvgIpc) is 2.42. The van der Waals surface area contributed by atoms with E-state index >= 15 is 0 Å². The Balaban J connectivity index is 2.18. The minimum absolute atomic E-state index is 0.0279. The number of nitrogens with one attached hydrogen (secondary N) is 1. The summed E-state index contributed by atoms with van der Waals surface area (Å²) in [5.74, 6) is -1.32. The average molecular weight is 295 g/mol. The smallest absolute Gasteiger partial charge is 0.387 e. The monoisotopic (exact) mass is 295 g/mol. The van der Waals surface area contributed by atoms with Crippen molar-refractivity contribution in [3.63, 3.8) is 0 Å². The van der Waals surface area contributed by atoms with Gasteiger partial charge >= 0.3 is 6.61 Å². The van der Waals surface area contributed by atoms with Gasteiger partial charge in [0.2, 0.25) is 0 Å². The van der Waals surface area contributed by atoms with E-state index in [2.05, 4.69) is 10.1 Å². The summed E-state index contributed by atoms with van der Waals surface area (Å²) in [6.45, 7) is -1.22. The van der Waals surface area contributed by atoms with Crippen LogP contribution in [-0.2, 0) is 0 Å². The van der Waals surface area contributed by atoms with Crippen LogP contribution in [0.25, 0.3) is 0 Å². The van der Waals surface area contributed by atoms with Crippen LogP contribution < -0.4 is 10.1 Å². The fourth-order valence-electron chi connectivity index (χ4n) is 1.74. The summed E-state index contributed by atoms with van der Waals surface area (Å²) in [5.41, 5.74) is 0.899. The number of carbonyl (C=O) groups is 1. The first-order valence-corrected chi connectivity index (χ1v) is 6.08. The molecule has 0 aliphatic rings. The Hall–Kier alpha value is -2.50. The highest BCUT2D eigenvalue weighted by Crippen LogP contribution is 2.19. The predicted octanol–water partition coefficient (Wildman–Crippen LogP) is 3.99. The maximum absolute atomic E-state index is 13.6. The van der Waals surface area contributed by atoms with E-state index in [1.54, 1.807) is 13.0 Å². The van der Waals surface area contributed by atoms with Crippen LogP contribution in [0.3, 0.4) is 0 Å². The molecule has 2 aromatic rings. The van der Waals surface area contributed by atoms with Gasteiger partial charge in [0.05, 0.1) is 5.69 Å². The van der Waals surface area contributed by atoms with E-state index in [9.17, 15) is 18.0 Å². The zero-order chi connectivity index (χ0) is 15.4. The standard InChI is InChI=1S/C15H12F3NO2/c1-9-5-6-12(16)13(7-9)19-14(20)10-3-2-4-11(8-10)21-15(17)18/h2-8,15H,1H3,(H,19,20). The maximum atomic E-state index is 13.6. The zero-order valence-corrected chi connectivity index (χ0v) is 11.1. The van der Waals surface area contributed by atoms with E-state index < -0.39 is 18.3 Å². The number of amides is 1. The van der Waals surface area contributed by atoms with E-state index in [1.807, 2.05) is 0 Å². The molecule has 0 aliphatic heterocycles. The molecule has 1 N–H and O–H groups in total. The van der Waals surface area contributed by atoms with Crippen molar-refractivity contribution >= 4 is 11.6 Å². The van der Waals surface area contributed by atoms with Gasteiger partial charge in [0.1, 0.15) is 11.6 Å². The second kappa shape index (κ2) is 6.30. The van der Waals surface area contributed by atoms with Gasteiger partial charge in [-0.15, -0.1) is 0 Å². The number of anilines is 1. The molecule has 0 aromatic heterocycles. The third kappa shape index (κ3) is 3.98. The molecule has 3 nitrogen and oxygen atoms in total. The lowest BCUT2D eigenvalue weighted by atomic mass is 10.1.